The summed E-state index contributed by atoms with van der Waals surface area (Å²) in [5.74, 6) is 0. The lowest BCUT2D eigenvalue weighted by Crippen LogP contribution is -1.76. The van der Waals surface area contributed by atoms with E-state index in [1.54, 1.807) is 11.3 Å². The third-order valence-electron chi connectivity index (χ3n) is 2.73. The first kappa shape index (κ1) is 14.2. The van der Waals surface area contributed by atoms with Gasteiger partial charge in [-0.25, -0.2) is 4.98 Å². The fourth-order valence-electron chi connectivity index (χ4n) is 1.82. The van der Waals surface area contributed by atoms with Crippen LogP contribution in [0.3, 0.4) is 0 Å². The van der Waals surface area contributed by atoms with Crippen LogP contribution in [-0.2, 0) is 0 Å². The first-order valence-electron chi connectivity index (χ1n) is 6.15. The molecule has 1 aromatic heterocycles. The van der Waals surface area contributed by atoms with Crippen LogP contribution in [0.1, 0.15) is 5.56 Å². The molecule has 5 heteroatoms. The van der Waals surface area contributed by atoms with Gasteiger partial charge in [0.15, 0.2) is 4.34 Å². The van der Waals surface area contributed by atoms with Crippen LogP contribution in [-0.4, -0.2) is 4.98 Å². The van der Waals surface area contributed by atoms with E-state index in [0.717, 1.165) is 20.1 Å². The molecule has 0 amide bonds. The largest absolute Gasteiger partial charge is 0.229 e. The Morgan fingerprint density at radius 1 is 1.24 bits per heavy atom. The topological polar surface area (TPSA) is 36.7 Å². The zero-order chi connectivity index (χ0) is 14.7. The predicted octanol–water partition coefficient (Wildman–Crippen LogP) is 5.61. The number of nitriles is 1. The van der Waals surface area contributed by atoms with E-state index in [4.69, 9.17) is 11.6 Å². The van der Waals surface area contributed by atoms with Crippen LogP contribution in [0.5, 0.6) is 0 Å². The lowest BCUT2D eigenvalue weighted by Gasteiger charge is -1.97. The number of fused-ring (bicyclic) bond motifs is 1. The molecule has 0 N–H and O–H groups in total. The summed E-state index contributed by atoms with van der Waals surface area (Å²) in [5, 5.41) is 9.96. The molecule has 1 heterocycles. The van der Waals surface area contributed by atoms with E-state index in [-0.39, 0.29) is 0 Å². The van der Waals surface area contributed by atoms with Gasteiger partial charge in [0.25, 0.3) is 0 Å². The maximum atomic E-state index is 9.30. The van der Waals surface area contributed by atoms with Gasteiger partial charge in [-0.2, -0.15) is 5.26 Å². The van der Waals surface area contributed by atoms with Crippen molar-refractivity contribution in [2.24, 2.45) is 0 Å². The highest BCUT2D eigenvalue weighted by Crippen LogP contribution is 2.34. The van der Waals surface area contributed by atoms with Crippen molar-refractivity contribution in [3.05, 3.63) is 64.0 Å². The summed E-state index contributed by atoms with van der Waals surface area (Å²) < 4.78 is 1.99. The van der Waals surface area contributed by atoms with Crippen molar-refractivity contribution in [2.45, 2.75) is 4.34 Å². The number of benzene rings is 2. The highest BCUT2D eigenvalue weighted by molar-refractivity contribution is 8.05. The summed E-state index contributed by atoms with van der Waals surface area (Å²) in [6.07, 6.45) is 1.82. The third kappa shape index (κ3) is 3.45. The Morgan fingerprint density at radius 2 is 2.10 bits per heavy atom. The first-order chi connectivity index (χ1) is 10.2. The van der Waals surface area contributed by atoms with Gasteiger partial charge in [0.1, 0.15) is 6.07 Å². The number of para-hydroxylation sites is 1. The lowest BCUT2D eigenvalue weighted by molar-refractivity contribution is 1.31. The van der Waals surface area contributed by atoms with Crippen LogP contribution in [0.4, 0.5) is 0 Å². The molecule has 0 saturated carbocycles. The quantitative estimate of drug-likeness (QED) is 0.463. The number of thiazole rings is 1. The van der Waals surface area contributed by atoms with Crippen LogP contribution in [0.15, 0.2) is 57.8 Å². The van der Waals surface area contributed by atoms with Crippen LogP contribution >= 0.6 is 34.7 Å². The van der Waals surface area contributed by atoms with E-state index in [1.165, 1.54) is 11.8 Å². The molecule has 0 saturated heterocycles. The van der Waals surface area contributed by atoms with Crippen LogP contribution in [0.25, 0.3) is 16.3 Å². The Balaban J connectivity index is 1.89. The fourth-order valence-corrected chi connectivity index (χ4v) is 3.99. The van der Waals surface area contributed by atoms with Gasteiger partial charge in [0.05, 0.1) is 15.1 Å². The molecule has 102 valence electrons. The smallest absolute Gasteiger partial charge is 0.156 e. The van der Waals surface area contributed by atoms with E-state index >= 15 is 0 Å². The molecule has 0 unspecified atom stereocenters. The van der Waals surface area contributed by atoms with E-state index in [2.05, 4.69) is 11.1 Å². The minimum Gasteiger partial charge on any atom is -0.229 e. The summed E-state index contributed by atoms with van der Waals surface area (Å²) in [5.41, 5.74) is 1.87. The number of nitrogens with zero attached hydrogens (tertiary/aromatic N) is 2. The van der Waals surface area contributed by atoms with Crippen molar-refractivity contribution < 1.29 is 0 Å². The molecule has 2 aromatic carbocycles. The number of allylic oxidation sites excluding steroid dienone is 1. The fraction of sp³-hybridized carbons (Fsp3) is 0. The zero-order valence-electron chi connectivity index (χ0n) is 10.8. The normalized spacial score (nSPS) is 11.5. The third-order valence-corrected chi connectivity index (χ3v) is 4.99. The van der Waals surface area contributed by atoms with Gasteiger partial charge >= 0.3 is 0 Å². The summed E-state index contributed by atoms with van der Waals surface area (Å²) in [7, 11) is 0. The van der Waals surface area contributed by atoms with Gasteiger partial charge in [-0.15, -0.1) is 11.3 Å². The number of rotatable bonds is 3. The number of halogens is 1. The Bertz CT molecular complexity index is 829. The van der Waals surface area contributed by atoms with Gasteiger partial charge in [-0.3, -0.25) is 0 Å². The Labute approximate surface area is 135 Å². The summed E-state index contributed by atoms with van der Waals surface area (Å²) >= 11 is 8.92. The van der Waals surface area contributed by atoms with E-state index < -0.39 is 0 Å². The molecule has 0 aliphatic heterocycles. The maximum absolute atomic E-state index is 9.30. The molecule has 0 spiro atoms. The van der Waals surface area contributed by atoms with Crippen LogP contribution in [0.2, 0.25) is 5.02 Å². The van der Waals surface area contributed by atoms with Crippen molar-refractivity contribution in [1.29, 1.82) is 5.26 Å². The van der Waals surface area contributed by atoms with E-state index in [0.29, 0.717) is 9.93 Å². The van der Waals surface area contributed by atoms with Crippen molar-refractivity contribution in [1.82, 2.24) is 4.98 Å². The molecule has 3 aromatic rings. The molecule has 0 atom stereocenters. The number of hydrogen-bond donors (Lipinski definition) is 0. The lowest BCUT2D eigenvalue weighted by atomic mass is 10.2. The predicted molar refractivity (Wildman–Crippen MR) is 90.5 cm³/mol. The second kappa shape index (κ2) is 6.31. The minimum absolute atomic E-state index is 0.594. The van der Waals surface area contributed by atoms with E-state index in [1.807, 2.05) is 54.6 Å². The molecule has 21 heavy (non-hydrogen) atoms. The maximum Gasteiger partial charge on any atom is 0.156 e. The molecule has 0 fully saturated rings. The summed E-state index contributed by atoms with van der Waals surface area (Å²) in [4.78, 5) is 5.12. The monoisotopic (exact) mass is 328 g/mol. The molecule has 0 aliphatic carbocycles. The molecular weight excluding hydrogens is 320 g/mol. The second-order valence-electron chi connectivity index (χ2n) is 4.22. The van der Waals surface area contributed by atoms with Gasteiger partial charge in [0.2, 0.25) is 0 Å². The zero-order valence-corrected chi connectivity index (χ0v) is 13.2. The highest BCUT2D eigenvalue weighted by Gasteiger charge is 2.07. The van der Waals surface area contributed by atoms with Gasteiger partial charge in [-0.1, -0.05) is 35.9 Å². The standard InChI is InChI=1S/C16H9ClN2S2/c17-12-5-3-4-11(8-12)9-13(10-18)20-16-19-14-6-1-2-7-15(14)21-16/h1-9H/b13-9+. The van der Waals surface area contributed by atoms with Gasteiger partial charge < -0.3 is 0 Å². The van der Waals surface area contributed by atoms with Crippen molar-refractivity contribution in [2.75, 3.05) is 0 Å². The molecule has 0 aliphatic rings. The minimum atomic E-state index is 0.594. The summed E-state index contributed by atoms with van der Waals surface area (Å²) in [6.45, 7) is 0. The first-order valence-corrected chi connectivity index (χ1v) is 8.16. The average Bonchev–Trinajstić information content (AvgIpc) is 2.89. The highest BCUT2D eigenvalue weighted by atomic mass is 35.5. The number of thioether (sulfide) groups is 1. The molecule has 0 radical (unpaired) electrons. The van der Waals surface area contributed by atoms with Crippen LogP contribution < -0.4 is 0 Å². The average molecular weight is 329 g/mol. The van der Waals surface area contributed by atoms with Gasteiger partial charge in [-0.05, 0) is 47.7 Å². The summed E-state index contributed by atoms with van der Waals surface area (Å²) in [6, 6.07) is 17.6. The van der Waals surface area contributed by atoms with Crippen LogP contribution in [0, 0.1) is 11.3 Å². The Morgan fingerprint density at radius 3 is 2.86 bits per heavy atom. The molecular formula is C16H9ClN2S2. The molecule has 3 rings (SSSR count). The van der Waals surface area contributed by atoms with Crippen molar-refractivity contribution in [3.63, 3.8) is 0 Å². The SMILES string of the molecule is N#C/C(=C\c1cccc(Cl)c1)Sc1nc2ccccc2s1. The van der Waals surface area contributed by atoms with Crippen molar-refractivity contribution in [3.8, 4) is 6.07 Å². The van der Waals surface area contributed by atoms with Crippen molar-refractivity contribution >= 4 is 51.0 Å². The molecule has 2 nitrogen and oxygen atoms in total. The number of aromatic nitrogens is 1. The second-order valence-corrected chi connectivity index (χ2v) is 6.98. The molecule has 0 bridgehead atoms. The number of hydrogen-bond acceptors (Lipinski definition) is 4. The Kier molecular flexibility index (Phi) is 4.26. The Hall–Kier alpha value is -1.80. The van der Waals surface area contributed by atoms with E-state index in [9.17, 15) is 5.26 Å². The van der Waals surface area contributed by atoms with Gasteiger partial charge in [0, 0.05) is 5.02 Å².